The number of benzene rings is 4. The first-order valence-electron chi connectivity index (χ1n) is 22.9. The molecular formula is C51H60ClN6O7S+. The second-order valence-corrected chi connectivity index (χ2v) is 19.1. The molecular weight excluding hydrogens is 876 g/mol. The molecule has 66 heavy (non-hydrogen) atoms. The van der Waals surface area contributed by atoms with Crippen LogP contribution in [0.4, 0.5) is 5.69 Å². The molecule has 2 aliphatic rings. The van der Waals surface area contributed by atoms with E-state index in [1.165, 1.54) is 27.7 Å². The number of carbonyl (C=O) groups is 1. The van der Waals surface area contributed by atoms with Crippen LogP contribution in [0, 0.1) is 0 Å². The lowest BCUT2D eigenvalue weighted by Gasteiger charge is -2.17. The molecule has 0 unspecified atom stereocenters. The summed E-state index contributed by atoms with van der Waals surface area (Å²) in [6, 6.07) is 25.4. The van der Waals surface area contributed by atoms with E-state index in [-0.39, 0.29) is 23.5 Å². The van der Waals surface area contributed by atoms with Gasteiger partial charge in [0.2, 0.25) is 11.6 Å². The molecule has 4 aromatic carbocycles. The van der Waals surface area contributed by atoms with Crippen LogP contribution in [-0.2, 0) is 41.1 Å². The van der Waals surface area contributed by atoms with Gasteiger partial charge < -0.3 is 24.1 Å². The van der Waals surface area contributed by atoms with Crippen molar-refractivity contribution in [3.05, 3.63) is 129 Å². The number of ether oxygens (including phenoxy) is 3. The lowest BCUT2D eigenvalue weighted by molar-refractivity contribution is -0.438. The van der Waals surface area contributed by atoms with Crippen molar-refractivity contribution in [3.63, 3.8) is 0 Å². The molecule has 15 heteroatoms. The largest absolute Gasteiger partial charge is 0.379 e. The number of carbonyl (C=O) groups excluding carboxylic acids is 1. The summed E-state index contributed by atoms with van der Waals surface area (Å²) < 4.78 is 53.6. The van der Waals surface area contributed by atoms with Gasteiger partial charge in [-0.3, -0.25) is 9.35 Å². The molecule has 0 fully saturated rings. The molecule has 1 aromatic heterocycles. The van der Waals surface area contributed by atoms with Gasteiger partial charge >= 0.3 is 0 Å². The predicted octanol–water partition coefficient (Wildman–Crippen LogP) is 9.61. The van der Waals surface area contributed by atoms with Gasteiger partial charge in [0.25, 0.3) is 10.1 Å². The van der Waals surface area contributed by atoms with Gasteiger partial charge in [-0.25, -0.2) is 0 Å². The average Bonchev–Trinajstić information content (AvgIpc) is 3.88. The molecule has 0 bridgehead atoms. The zero-order valence-electron chi connectivity index (χ0n) is 37.9. The molecule has 0 saturated heterocycles. The number of hydrogen-bond acceptors (Lipinski definition) is 7. The molecule has 2 N–H and O–H groups in total. The predicted molar refractivity (Wildman–Crippen MR) is 264 cm³/mol. The third-order valence-corrected chi connectivity index (χ3v) is 13.7. The Kier molecular flexibility index (Phi) is 16.9. The summed E-state index contributed by atoms with van der Waals surface area (Å²) in [6.45, 7) is 9.10. The minimum absolute atomic E-state index is 0.0204. The minimum atomic E-state index is -4.08. The number of aromatic nitrogens is 1. The highest BCUT2D eigenvalue weighted by Crippen LogP contribution is 2.45. The first-order chi connectivity index (χ1) is 32.0. The van der Waals surface area contributed by atoms with E-state index in [1.807, 2.05) is 12.1 Å². The van der Waals surface area contributed by atoms with E-state index in [4.69, 9.17) is 31.3 Å². The van der Waals surface area contributed by atoms with Gasteiger partial charge in [0.15, 0.2) is 5.71 Å². The molecule has 13 nitrogen and oxygen atoms in total. The highest BCUT2D eigenvalue weighted by molar-refractivity contribution is 7.85. The quantitative estimate of drug-likeness (QED) is 0.0147. The lowest BCUT2D eigenvalue weighted by atomic mass is 9.79. The molecule has 5 aromatic rings. The van der Waals surface area contributed by atoms with Crippen LogP contribution in [0.1, 0.15) is 64.4 Å². The summed E-state index contributed by atoms with van der Waals surface area (Å²) in [4.78, 5) is 15.3. The Morgan fingerprint density at radius 2 is 1.61 bits per heavy atom. The van der Waals surface area contributed by atoms with Gasteiger partial charge in [-0.2, -0.15) is 13.0 Å². The fourth-order valence-electron chi connectivity index (χ4n) is 9.28. The van der Waals surface area contributed by atoms with E-state index < -0.39 is 10.1 Å². The van der Waals surface area contributed by atoms with Gasteiger partial charge in [0, 0.05) is 81.8 Å². The summed E-state index contributed by atoms with van der Waals surface area (Å²) in [5.74, 6) is -0.284. The van der Waals surface area contributed by atoms with Gasteiger partial charge in [-0.15, -0.1) is 0 Å². The molecule has 2 heterocycles. The zero-order valence-corrected chi connectivity index (χ0v) is 39.5. The number of nitrogens with one attached hydrogen (secondary N) is 1. The Labute approximate surface area is 391 Å². The highest BCUT2D eigenvalue weighted by atomic mass is 35.5. The summed E-state index contributed by atoms with van der Waals surface area (Å²) in [6.07, 6.45) is 13.6. The van der Waals surface area contributed by atoms with Crippen LogP contribution in [0.25, 0.3) is 49.0 Å². The molecule has 0 atom stereocenters. The lowest BCUT2D eigenvalue weighted by Crippen LogP contribution is -2.28. The van der Waals surface area contributed by atoms with Crippen molar-refractivity contribution >= 4 is 77.5 Å². The number of unbranched alkanes of at least 4 members (excludes halogenated alkanes) is 2. The maximum Gasteiger partial charge on any atom is 0.264 e. The second-order valence-electron chi connectivity index (χ2n) is 17.2. The van der Waals surface area contributed by atoms with Crippen LogP contribution >= 0.6 is 11.6 Å². The first-order valence-corrected chi connectivity index (χ1v) is 24.9. The Bertz CT molecular complexity index is 2890. The number of allylic oxidation sites excluding steroid dienone is 6. The maximum absolute atomic E-state index is 12.6. The van der Waals surface area contributed by atoms with Crippen molar-refractivity contribution < 1.29 is 36.6 Å². The van der Waals surface area contributed by atoms with E-state index in [9.17, 15) is 17.8 Å². The Morgan fingerprint density at radius 3 is 2.39 bits per heavy atom. The van der Waals surface area contributed by atoms with Crippen LogP contribution < -0.4 is 10.7 Å². The SMILES string of the molecule is CC1(C)C(/C=C/C2=C(Cl)C(=C/C=c3\c4cccc5cccc(c54)n3CCCS(=O)(=O)O)/CC2)=[N+](CCCCCC(=O)NCCOCCOCCOCCN=[N+]=[N-])c2ccc3ccccc3c21. The number of amides is 1. The average molecular weight is 937 g/mol. The van der Waals surface area contributed by atoms with Crippen molar-refractivity contribution in [2.24, 2.45) is 5.11 Å². The Balaban J connectivity index is 1.00. The number of hydrogen-bond donors (Lipinski definition) is 2. The molecule has 1 aliphatic carbocycles. The van der Waals surface area contributed by atoms with E-state index in [2.05, 4.69) is 123 Å². The van der Waals surface area contributed by atoms with Crippen molar-refractivity contribution in [2.45, 2.75) is 70.8 Å². The van der Waals surface area contributed by atoms with Crippen LogP contribution in [0.3, 0.4) is 0 Å². The fourth-order valence-corrected chi connectivity index (χ4v) is 10.1. The number of rotatable bonds is 25. The Hall–Kier alpha value is -5.31. The molecule has 0 radical (unpaired) electrons. The summed E-state index contributed by atoms with van der Waals surface area (Å²) in [5, 5.41) is 13.9. The van der Waals surface area contributed by atoms with Crippen molar-refractivity contribution in [1.82, 2.24) is 9.88 Å². The van der Waals surface area contributed by atoms with E-state index >= 15 is 0 Å². The van der Waals surface area contributed by atoms with Gasteiger partial charge in [0.05, 0.1) is 50.8 Å². The monoisotopic (exact) mass is 935 g/mol. The van der Waals surface area contributed by atoms with Crippen LogP contribution in [0.2, 0.25) is 0 Å². The summed E-state index contributed by atoms with van der Waals surface area (Å²) >= 11 is 7.21. The summed E-state index contributed by atoms with van der Waals surface area (Å²) in [7, 11) is -4.08. The summed E-state index contributed by atoms with van der Waals surface area (Å²) in [5.41, 5.74) is 14.9. The van der Waals surface area contributed by atoms with Crippen molar-refractivity contribution in [3.8, 4) is 0 Å². The Morgan fingerprint density at radius 1 is 0.879 bits per heavy atom. The molecule has 0 saturated carbocycles. The molecule has 7 rings (SSSR count). The van der Waals surface area contributed by atoms with E-state index in [1.54, 1.807) is 0 Å². The number of azide groups is 1. The molecule has 348 valence electrons. The van der Waals surface area contributed by atoms with E-state index in [0.29, 0.717) is 65.7 Å². The van der Waals surface area contributed by atoms with Gasteiger partial charge in [0.1, 0.15) is 6.54 Å². The maximum atomic E-state index is 12.6. The van der Waals surface area contributed by atoms with Gasteiger partial charge in [-0.05, 0) is 97.0 Å². The van der Waals surface area contributed by atoms with Crippen molar-refractivity contribution in [1.29, 1.82) is 0 Å². The van der Waals surface area contributed by atoms with Gasteiger partial charge in [-0.1, -0.05) is 83.5 Å². The van der Waals surface area contributed by atoms with Crippen LogP contribution in [0.5, 0.6) is 0 Å². The highest BCUT2D eigenvalue weighted by Gasteiger charge is 2.45. The number of halogens is 1. The number of fused-ring (bicyclic) bond motifs is 3. The fraction of sp³-hybridized carbons (Fsp3) is 0.412. The van der Waals surface area contributed by atoms with Crippen LogP contribution in [-0.4, -0.2) is 98.8 Å². The molecule has 1 aliphatic heterocycles. The molecule has 0 spiro atoms. The zero-order chi connectivity index (χ0) is 46.5. The third kappa shape index (κ3) is 12.0. The standard InChI is InChI=1S/C51H59ClN6O7S/c1-51(2)46(25-22-40-19-18-39(50(40)52)21-23-43-42-15-8-12-38-13-9-16-44(48(38)42)57(43)29-10-36-66(60,61)62)58(45-24-20-37-11-5-6-14-41(37)49(45)51)28-7-3-4-17-47(59)54-26-30-63-32-34-65-35-33-64-31-27-55-56-53/h5-6,8-9,11-16,20-25H,3-4,7,10,17-19,26-36H2,1-2H3,(H-,54,59,60,61,62)/p+1. The molecule has 1 amide bonds. The second kappa shape index (κ2) is 22.9. The number of nitrogens with zero attached hydrogens (tertiary/aromatic N) is 5. The first kappa shape index (κ1) is 48.6. The smallest absolute Gasteiger partial charge is 0.264 e. The van der Waals surface area contributed by atoms with E-state index in [0.717, 1.165) is 81.9 Å². The third-order valence-electron chi connectivity index (χ3n) is 12.4. The minimum Gasteiger partial charge on any atom is -0.379 e. The topological polar surface area (TPSA) is 168 Å². The van der Waals surface area contributed by atoms with Crippen molar-refractivity contribution in [2.75, 3.05) is 65.0 Å². The normalized spacial score (nSPS) is 15.9. The van der Waals surface area contributed by atoms with Crippen LogP contribution in [0.15, 0.2) is 112 Å². The number of aryl methyl sites for hydroxylation is 1.